The number of benzene rings is 1. The Kier molecular flexibility index (Phi) is 16.9. The van der Waals surface area contributed by atoms with Gasteiger partial charge in [-0.25, -0.2) is 4.79 Å². The molecule has 2 saturated heterocycles. The van der Waals surface area contributed by atoms with Gasteiger partial charge in [-0.15, -0.1) is 11.8 Å². The van der Waals surface area contributed by atoms with Crippen molar-refractivity contribution in [1.29, 1.82) is 0 Å². The molecule has 3 N–H and O–H groups in total. The smallest absolute Gasteiger partial charge is 0.410 e. The second-order valence-corrected chi connectivity index (χ2v) is 16.1. The molecule has 0 saturated carbocycles. The van der Waals surface area contributed by atoms with Crippen molar-refractivity contribution in [2.75, 3.05) is 44.6 Å². The van der Waals surface area contributed by atoms with E-state index in [9.17, 15) is 28.8 Å². The molecule has 1 aromatic carbocycles. The molecule has 0 spiro atoms. The van der Waals surface area contributed by atoms with Gasteiger partial charge in [-0.1, -0.05) is 60.1 Å². The van der Waals surface area contributed by atoms with Gasteiger partial charge in [0.25, 0.3) is 0 Å². The minimum absolute atomic E-state index is 0.0298. The molecular weight excluding hydrogens is 685 g/mol. The van der Waals surface area contributed by atoms with Gasteiger partial charge in [-0.05, 0) is 62.8 Å². The van der Waals surface area contributed by atoms with E-state index in [4.69, 9.17) is 4.74 Å². The highest BCUT2D eigenvalue weighted by Crippen LogP contribution is 2.39. The van der Waals surface area contributed by atoms with Crippen molar-refractivity contribution < 1.29 is 33.5 Å². The number of imide groups is 1. The zero-order valence-corrected chi connectivity index (χ0v) is 32.9. The summed E-state index contributed by atoms with van der Waals surface area (Å²) in [4.78, 5) is 82.0. The third-order valence-corrected chi connectivity index (χ3v) is 11.9. The molecule has 2 fully saturated rings. The Morgan fingerprint density at radius 2 is 1.56 bits per heavy atom. The quantitative estimate of drug-likeness (QED) is 0.137. The minimum Gasteiger partial charge on any atom is -0.445 e. The standard InChI is InChI=1S/C38H60N6O7S/c1-8-38(7,9-2)52-30-24-32(46)44(36(30)49)19-13-11-12-14-31(45)41-33(26(4)5)35(48)39-27(6)34(47)40-29-17-15-28(16-18-29)25-51-37(50)43-22-20-42(10-3)21-23-43/h15-18,26-27,30,33H,8-14,19-25H2,1-7H3,(H,39,48)(H,40,47)(H,41,45)/t27-,30?,33-/m0/s1. The highest BCUT2D eigenvalue weighted by Gasteiger charge is 2.41. The number of nitrogens with one attached hydrogen (secondary N) is 3. The third kappa shape index (κ3) is 12.8. The molecule has 0 bridgehead atoms. The molecule has 290 valence electrons. The van der Waals surface area contributed by atoms with Crippen LogP contribution in [0.5, 0.6) is 0 Å². The number of amides is 6. The lowest BCUT2D eigenvalue weighted by Crippen LogP contribution is -2.53. The van der Waals surface area contributed by atoms with Gasteiger partial charge < -0.3 is 30.5 Å². The number of hydrogen-bond acceptors (Lipinski definition) is 9. The Balaban J connectivity index is 1.36. The number of hydrogen-bond donors (Lipinski definition) is 3. The predicted molar refractivity (Wildman–Crippen MR) is 203 cm³/mol. The van der Waals surface area contributed by atoms with Gasteiger partial charge in [-0.3, -0.25) is 28.9 Å². The monoisotopic (exact) mass is 744 g/mol. The summed E-state index contributed by atoms with van der Waals surface area (Å²) in [7, 11) is 0. The molecule has 0 radical (unpaired) electrons. The number of thioether (sulfide) groups is 1. The summed E-state index contributed by atoms with van der Waals surface area (Å²) in [6, 6.07) is 5.25. The molecular formula is C38H60N6O7S. The van der Waals surface area contributed by atoms with Crippen LogP contribution in [0.2, 0.25) is 0 Å². The van der Waals surface area contributed by atoms with Gasteiger partial charge in [-0.2, -0.15) is 0 Å². The SMILES string of the molecule is CCN1CCN(C(=O)OCc2ccc(NC(=O)[C@H](C)NC(=O)[C@@H](NC(=O)CCCCCN3C(=O)CC(SC(C)(CC)CC)C3=O)C(C)C)cc2)CC1. The van der Waals surface area contributed by atoms with Crippen molar-refractivity contribution in [3.05, 3.63) is 29.8 Å². The molecule has 3 atom stereocenters. The maximum absolute atomic E-state index is 13.1. The number of rotatable bonds is 19. The number of carbonyl (C=O) groups excluding carboxylic acids is 6. The summed E-state index contributed by atoms with van der Waals surface area (Å²) in [5, 5.41) is 7.96. The topological polar surface area (TPSA) is 157 Å². The van der Waals surface area contributed by atoms with Gasteiger partial charge in [0, 0.05) is 56.0 Å². The summed E-state index contributed by atoms with van der Waals surface area (Å²) in [6.45, 7) is 18.0. The van der Waals surface area contributed by atoms with Crippen LogP contribution < -0.4 is 16.0 Å². The first-order valence-corrected chi connectivity index (χ1v) is 19.7. The summed E-state index contributed by atoms with van der Waals surface area (Å²) < 4.78 is 5.44. The summed E-state index contributed by atoms with van der Waals surface area (Å²) in [5.74, 6) is -1.62. The summed E-state index contributed by atoms with van der Waals surface area (Å²) >= 11 is 1.61. The Morgan fingerprint density at radius 1 is 0.904 bits per heavy atom. The van der Waals surface area contributed by atoms with Crippen LogP contribution in [0.4, 0.5) is 10.5 Å². The number of nitrogens with zero attached hydrogens (tertiary/aromatic N) is 3. The number of likely N-dealkylation sites (tertiary alicyclic amines) is 1. The van der Waals surface area contributed by atoms with Crippen LogP contribution in [-0.2, 0) is 35.3 Å². The third-order valence-electron chi connectivity index (χ3n) is 10.1. The number of ether oxygens (including phenoxy) is 1. The molecule has 0 aliphatic carbocycles. The van der Waals surface area contributed by atoms with Crippen LogP contribution in [0.15, 0.2) is 24.3 Å². The number of anilines is 1. The lowest BCUT2D eigenvalue weighted by molar-refractivity contribution is -0.138. The Labute approximate surface area is 313 Å². The second kappa shape index (κ2) is 20.6. The van der Waals surface area contributed by atoms with E-state index in [1.807, 2.05) is 13.8 Å². The maximum atomic E-state index is 13.1. The fraction of sp³-hybridized carbons (Fsp3) is 0.684. The number of likely N-dealkylation sites (N-methyl/N-ethyl adjacent to an activating group) is 1. The lowest BCUT2D eigenvalue weighted by atomic mass is 10.0. The normalized spacial score (nSPS) is 18.0. The van der Waals surface area contributed by atoms with Crippen molar-refractivity contribution in [3.63, 3.8) is 0 Å². The van der Waals surface area contributed by atoms with Crippen molar-refractivity contribution in [3.8, 4) is 0 Å². The van der Waals surface area contributed by atoms with Crippen LogP contribution in [-0.4, -0.2) is 112 Å². The van der Waals surface area contributed by atoms with Crippen LogP contribution in [0.3, 0.4) is 0 Å². The molecule has 2 aliphatic rings. The van der Waals surface area contributed by atoms with E-state index in [2.05, 4.69) is 48.5 Å². The number of carbonyl (C=O) groups is 6. The minimum atomic E-state index is -0.869. The highest BCUT2D eigenvalue weighted by molar-refractivity contribution is 8.02. The van der Waals surface area contributed by atoms with Gasteiger partial charge in [0.2, 0.25) is 29.5 Å². The average molecular weight is 745 g/mol. The van der Waals surface area contributed by atoms with E-state index < -0.39 is 23.9 Å². The van der Waals surface area contributed by atoms with Crippen LogP contribution >= 0.6 is 11.8 Å². The Morgan fingerprint density at radius 3 is 2.15 bits per heavy atom. The van der Waals surface area contributed by atoms with E-state index in [1.54, 1.807) is 47.9 Å². The fourth-order valence-electron chi connectivity index (χ4n) is 6.04. The van der Waals surface area contributed by atoms with Crippen molar-refractivity contribution in [1.82, 2.24) is 25.3 Å². The second-order valence-electron chi connectivity index (χ2n) is 14.3. The summed E-state index contributed by atoms with van der Waals surface area (Å²) in [6.07, 6.45) is 3.77. The fourth-order valence-corrected chi connectivity index (χ4v) is 7.51. The Hall–Kier alpha value is -3.65. The molecule has 13 nitrogen and oxygen atoms in total. The molecule has 2 heterocycles. The van der Waals surface area contributed by atoms with Gasteiger partial charge in [0.05, 0.1) is 5.25 Å². The van der Waals surface area contributed by atoms with Crippen LogP contribution in [0.1, 0.15) is 99.0 Å². The van der Waals surface area contributed by atoms with Gasteiger partial charge in [0.1, 0.15) is 18.7 Å². The van der Waals surface area contributed by atoms with Crippen LogP contribution in [0.25, 0.3) is 0 Å². The molecule has 6 amide bonds. The van der Waals surface area contributed by atoms with Crippen molar-refractivity contribution >= 4 is 53.1 Å². The first-order valence-electron chi connectivity index (χ1n) is 18.9. The molecule has 14 heteroatoms. The summed E-state index contributed by atoms with van der Waals surface area (Å²) in [5.41, 5.74) is 1.31. The first-order chi connectivity index (χ1) is 24.7. The van der Waals surface area contributed by atoms with E-state index in [1.165, 1.54) is 4.90 Å². The zero-order chi connectivity index (χ0) is 38.4. The molecule has 3 rings (SSSR count). The van der Waals surface area contributed by atoms with Gasteiger partial charge >= 0.3 is 6.09 Å². The van der Waals surface area contributed by atoms with Crippen molar-refractivity contribution in [2.45, 2.75) is 122 Å². The van der Waals surface area contributed by atoms with E-state index in [0.29, 0.717) is 44.6 Å². The van der Waals surface area contributed by atoms with E-state index in [0.717, 1.165) is 38.0 Å². The van der Waals surface area contributed by atoms with E-state index >= 15 is 0 Å². The molecule has 52 heavy (non-hydrogen) atoms. The first kappa shape index (κ1) is 42.8. The number of unbranched alkanes of at least 4 members (excludes halogenated alkanes) is 2. The molecule has 0 aromatic heterocycles. The highest BCUT2D eigenvalue weighted by atomic mass is 32.2. The largest absolute Gasteiger partial charge is 0.445 e. The maximum Gasteiger partial charge on any atom is 0.410 e. The predicted octanol–water partition coefficient (Wildman–Crippen LogP) is 4.54. The van der Waals surface area contributed by atoms with Crippen LogP contribution in [0, 0.1) is 5.92 Å². The number of piperazine rings is 1. The zero-order valence-electron chi connectivity index (χ0n) is 32.1. The molecule has 1 unspecified atom stereocenters. The lowest BCUT2D eigenvalue weighted by Gasteiger charge is -2.33. The van der Waals surface area contributed by atoms with Crippen molar-refractivity contribution in [2.24, 2.45) is 5.92 Å². The Bertz CT molecular complexity index is 1380. The van der Waals surface area contributed by atoms with Gasteiger partial charge in [0.15, 0.2) is 0 Å². The molecule has 2 aliphatic heterocycles. The van der Waals surface area contributed by atoms with E-state index in [-0.39, 0.29) is 59.2 Å². The average Bonchev–Trinajstić information content (AvgIpc) is 3.39. The molecule has 1 aromatic rings.